The molecule has 23 aromatic rings. The van der Waals surface area contributed by atoms with E-state index >= 15 is 0 Å². The zero-order valence-electron chi connectivity index (χ0n) is 58.2. The Bertz CT molecular complexity index is 7160. The molecule has 0 unspecified atom stereocenters. The minimum absolute atomic E-state index is 0.475. The zero-order chi connectivity index (χ0) is 70.7. The summed E-state index contributed by atoms with van der Waals surface area (Å²) in [6, 6.07) is 135. The minimum Gasteiger partial charge on any atom is -0.309 e. The summed E-state index contributed by atoms with van der Waals surface area (Å²) in [4.78, 5) is 17.6. The van der Waals surface area contributed by atoms with Gasteiger partial charge in [0.15, 0.2) is 17.5 Å². The molecule has 15 aromatic carbocycles. The highest BCUT2D eigenvalue weighted by molar-refractivity contribution is 6.17. The molecule has 23 rings (SSSR count). The third-order valence-electron chi connectivity index (χ3n) is 22.3. The van der Waals surface area contributed by atoms with Gasteiger partial charge in [0.05, 0.1) is 49.7 Å². The van der Waals surface area contributed by atoms with Crippen molar-refractivity contribution in [2.24, 2.45) is 0 Å². The van der Waals surface area contributed by atoms with Crippen molar-refractivity contribution in [3.8, 4) is 74.0 Å². The molecule has 0 spiro atoms. The number of nitrogens with zero attached hydrogens (tertiary/aromatic N) is 10. The number of fused-ring (bicyclic) bond motifs is 18. The molecule has 0 radical (unpaired) electrons. The van der Waals surface area contributed by atoms with Crippen LogP contribution in [-0.2, 0) is 0 Å². The van der Waals surface area contributed by atoms with E-state index in [1.165, 1.54) is 16.3 Å². The first-order chi connectivity index (χ1) is 53.7. The Hall–Kier alpha value is -14.7. The maximum Gasteiger partial charge on any atom is 0.282 e. The third-order valence-corrected chi connectivity index (χ3v) is 22.3. The average molecular weight is 1380 g/mol. The fourth-order valence-electron chi connectivity index (χ4n) is 17.8. The molecule has 8 aromatic heterocycles. The van der Waals surface area contributed by atoms with Crippen LogP contribution in [0.5, 0.6) is 0 Å². The summed E-state index contributed by atoms with van der Waals surface area (Å²) in [5, 5.41) is 13.4. The monoisotopic (exact) mass is 1380 g/mol. The molecule has 0 aliphatic rings. The van der Waals surface area contributed by atoms with Crippen molar-refractivity contribution in [3.05, 3.63) is 370 Å². The smallest absolute Gasteiger partial charge is 0.282 e. The normalized spacial score (nSPS) is 12.1. The highest BCUT2D eigenvalue weighted by Gasteiger charge is 2.42. The zero-order valence-corrected chi connectivity index (χ0v) is 58.2. The average Bonchev–Trinajstić information content (AvgIpc) is 1.44. The number of aromatic nitrogens is 10. The van der Waals surface area contributed by atoms with E-state index in [4.69, 9.17) is 15.0 Å². The van der Waals surface area contributed by atoms with Crippen LogP contribution >= 0.6 is 0 Å². The van der Waals surface area contributed by atoms with E-state index < -0.39 is 0 Å². The molecular formula is C98H61N10+. The van der Waals surface area contributed by atoms with E-state index in [1.807, 2.05) is 0 Å². The van der Waals surface area contributed by atoms with Gasteiger partial charge in [-0.15, -0.1) is 4.68 Å². The Morgan fingerprint density at radius 2 is 0.435 bits per heavy atom. The summed E-state index contributed by atoms with van der Waals surface area (Å²) in [5.74, 6) is 3.20. The molecule has 10 nitrogen and oxygen atoms in total. The largest absolute Gasteiger partial charge is 0.309 e. The summed E-state index contributed by atoms with van der Waals surface area (Å²) < 4.78 is 17.7. The minimum atomic E-state index is 0.475. The van der Waals surface area contributed by atoms with E-state index in [0.29, 0.717) is 17.5 Å². The Kier molecular flexibility index (Phi) is 12.9. The molecule has 502 valence electrons. The highest BCUT2D eigenvalue weighted by Crippen LogP contribution is 2.50. The Morgan fingerprint density at radius 1 is 0.185 bits per heavy atom. The Balaban J connectivity index is 1.00. The van der Waals surface area contributed by atoms with E-state index in [-0.39, 0.29) is 0 Å². The van der Waals surface area contributed by atoms with E-state index in [0.717, 1.165) is 171 Å². The molecular weight excluding hydrogens is 1320 g/mol. The van der Waals surface area contributed by atoms with E-state index in [2.05, 4.69) is 402 Å². The van der Waals surface area contributed by atoms with Crippen molar-refractivity contribution in [1.82, 2.24) is 42.5 Å². The molecule has 0 bridgehead atoms. The van der Waals surface area contributed by atoms with Crippen LogP contribution < -0.4 is 4.68 Å². The predicted octanol–water partition coefficient (Wildman–Crippen LogP) is 23.7. The van der Waals surface area contributed by atoms with Crippen LogP contribution in [0.3, 0.4) is 0 Å². The van der Waals surface area contributed by atoms with Crippen LogP contribution in [0.2, 0.25) is 0 Å². The van der Waals surface area contributed by atoms with Crippen LogP contribution in [0.1, 0.15) is 0 Å². The molecule has 108 heavy (non-hydrogen) atoms. The van der Waals surface area contributed by atoms with Crippen molar-refractivity contribution >= 4 is 131 Å². The van der Waals surface area contributed by atoms with Crippen LogP contribution in [0.4, 0.5) is 0 Å². The van der Waals surface area contributed by atoms with Crippen molar-refractivity contribution in [1.29, 1.82) is 0 Å². The van der Waals surface area contributed by atoms with Gasteiger partial charge >= 0.3 is 0 Å². The Morgan fingerprint density at radius 3 is 0.806 bits per heavy atom. The van der Waals surface area contributed by atoms with Gasteiger partial charge in [-0.25, -0.2) is 24.1 Å². The van der Waals surface area contributed by atoms with Crippen molar-refractivity contribution in [3.63, 3.8) is 0 Å². The molecule has 0 saturated carbocycles. The van der Waals surface area contributed by atoms with Crippen LogP contribution in [-0.4, -0.2) is 42.5 Å². The molecule has 0 N–H and O–H groups in total. The van der Waals surface area contributed by atoms with Crippen LogP contribution in [0.25, 0.3) is 205 Å². The first kappa shape index (κ1) is 59.8. The molecule has 0 aliphatic carbocycles. The predicted molar refractivity (Wildman–Crippen MR) is 444 cm³/mol. The first-order valence-electron chi connectivity index (χ1n) is 36.8. The number of para-hydroxylation sites is 11. The summed E-state index contributed by atoms with van der Waals surface area (Å²) in [7, 11) is 0. The van der Waals surface area contributed by atoms with Gasteiger partial charge in [0.25, 0.3) is 11.6 Å². The fraction of sp³-hybridized carbons (Fsp3) is 0. The van der Waals surface area contributed by atoms with E-state index in [9.17, 15) is 0 Å². The van der Waals surface area contributed by atoms with Gasteiger partial charge in [-0.1, -0.05) is 273 Å². The second-order valence-electron chi connectivity index (χ2n) is 28.0. The summed E-state index contributed by atoms with van der Waals surface area (Å²) >= 11 is 0. The van der Waals surface area contributed by atoms with Gasteiger partial charge in [0.2, 0.25) is 0 Å². The van der Waals surface area contributed by atoms with Crippen LogP contribution in [0, 0.1) is 0 Å². The van der Waals surface area contributed by atoms with Crippen molar-refractivity contribution in [2.45, 2.75) is 0 Å². The standard InChI is InChI=1S/C98H61N10/c1-4-30-62(31-5-1)94-99-95(63-32-6-2-7-33-63)101-96(100-94)91-92(103-80-47-21-10-36-67(80)68-37-11-22-48-81(68)103)97(105-84-51-25-14-40-71(84)72-41-15-26-52-85(72)105)108(98(106-86-53-27-16-42-73(86)74-43-17-28-54-87(74)106)93(91)104-82-49-23-12-38-69(82)70-39-13-24-50-83(70)104)107-89-55-29-19-45-76(89)78-61-65(57-59-90(78)107)64-56-58-88-77(60-64)75-44-18-20-46-79(75)102(88)66-34-8-3-9-35-66/h1-61H/q+1. The van der Waals surface area contributed by atoms with Gasteiger partial charge in [0.1, 0.15) is 33.4 Å². The summed E-state index contributed by atoms with van der Waals surface area (Å²) in [6.45, 7) is 0. The lowest BCUT2D eigenvalue weighted by molar-refractivity contribution is -0.708. The quantitative estimate of drug-likeness (QED) is 0.128. The second-order valence-corrected chi connectivity index (χ2v) is 28.0. The summed E-state index contributed by atoms with van der Waals surface area (Å²) in [6.07, 6.45) is 0. The molecule has 0 atom stereocenters. The third kappa shape index (κ3) is 8.65. The maximum atomic E-state index is 6.05. The lowest BCUT2D eigenvalue weighted by Gasteiger charge is -2.27. The first-order valence-corrected chi connectivity index (χ1v) is 36.8. The van der Waals surface area contributed by atoms with Crippen molar-refractivity contribution in [2.75, 3.05) is 0 Å². The van der Waals surface area contributed by atoms with Gasteiger partial charge in [-0.3, -0.25) is 0 Å². The number of rotatable bonds is 10. The molecule has 10 heteroatoms. The lowest BCUT2D eigenvalue weighted by atomic mass is 10.0. The molecule has 0 saturated heterocycles. The van der Waals surface area contributed by atoms with Gasteiger partial charge < -0.3 is 13.7 Å². The van der Waals surface area contributed by atoms with Crippen molar-refractivity contribution < 1.29 is 4.68 Å². The molecule has 0 aliphatic heterocycles. The van der Waals surface area contributed by atoms with Gasteiger partial charge in [-0.2, -0.15) is 4.68 Å². The number of pyridine rings is 1. The molecule has 0 amide bonds. The topological polar surface area (TPSA) is 72.1 Å². The summed E-state index contributed by atoms with van der Waals surface area (Å²) in [5.41, 5.74) is 19.8. The highest BCUT2D eigenvalue weighted by atomic mass is 15.5. The number of hydrogen-bond donors (Lipinski definition) is 0. The second kappa shape index (κ2) is 23.4. The number of benzene rings is 15. The number of hydrogen-bond acceptors (Lipinski definition) is 3. The van der Waals surface area contributed by atoms with E-state index in [1.54, 1.807) is 0 Å². The maximum absolute atomic E-state index is 6.05. The molecule has 0 fully saturated rings. The Labute approximate surface area is 618 Å². The van der Waals surface area contributed by atoms with Gasteiger partial charge in [0, 0.05) is 81.4 Å². The van der Waals surface area contributed by atoms with Gasteiger partial charge in [-0.05, 0) is 108 Å². The SMILES string of the molecule is c1ccc(-c2nc(-c3ccccc3)nc(-c3c(-n4c5ccccc5c5ccccc54)c(-n4c5ccccc5c5ccccc54)[n+](-n4c5ccccc5c5cc(-c6ccc7c(c6)c6ccccc6n7-c6ccccc6)ccc54)c(-n4c5ccccc5c5ccccc54)c3-n3c4ccccc4c4ccccc43)n2)cc1. The fourth-order valence-corrected chi connectivity index (χ4v) is 17.8. The van der Waals surface area contributed by atoms with Crippen LogP contribution in [0.15, 0.2) is 370 Å². The molecule has 8 heterocycles. The lowest BCUT2D eigenvalue weighted by Crippen LogP contribution is -2.51.